The lowest BCUT2D eigenvalue weighted by atomic mass is 9.88. The highest BCUT2D eigenvalue weighted by molar-refractivity contribution is 5.49. The number of hydrogen-bond acceptors (Lipinski definition) is 2. The highest BCUT2D eigenvalue weighted by Crippen LogP contribution is 2.51. The largest absolute Gasteiger partial charge is 0.332 e. The number of nitrogens with two attached hydrogens (primary N) is 1. The first kappa shape index (κ1) is 14.1. The van der Waals surface area contributed by atoms with Crippen molar-refractivity contribution < 1.29 is 0 Å². The van der Waals surface area contributed by atoms with Crippen molar-refractivity contribution in [3.05, 3.63) is 52.7 Å². The summed E-state index contributed by atoms with van der Waals surface area (Å²) in [4.78, 5) is 12.6. The van der Waals surface area contributed by atoms with Gasteiger partial charge < -0.3 is 5.73 Å². The van der Waals surface area contributed by atoms with Crippen molar-refractivity contribution in [2.45, 2.75) is 51.1 Å². The number of aromatic nitrogens is 2. The average molecular weight is 285 g/mol. The summed E-state index contributed by atoms with van der Waals surface area (Å²) in [6.07, 6.45) is 5.91. The molecule has 0 aliphatic heterocycles. The molecular formula is C17H23N3O. The van der Waals surface area contributed by atoms with Crippen LogP contribution >= 0.6 is 0 Å². The average Bonchev–Trinajstić information content (AvgIpc) is 3.17. The molecule has 112 valence electrons. The van der Waals surface area contributed by atoms with Crippen molar-refractivity contribution in [3.63, 3.8) is 0 Å². The van der Waals surface area contributed by atoms with E-state index in [0.29, 0.717) is 0 Å². The van der Waals surface area contributed by atoms with Crippen LogP contribution in [0.5, 0.6) is 0 Å². The van der Waals surface area contributed by atoms with E-state index in [2.05, 4.69) is 13.0 Å². The van der Waals surface area contributed by atoms with Crippen LogP contribution < -0.4 is 11.4 Å². The van der Waals surface area contributed by atoms with Crippen LogP contribution in [0.25, 0.3) is 5.69 Å². The fourth-order valence-corrected chi connectivity index (χ4v) is 3.18. The van der Waals surface area contributed by atoms with Gasteiger partial charge in [-0.05, 0) is 45.2 Å². The molecule has 0 amide bonds. The van der Waals surface area contributed by atoms with Gasteiger partial charge in [-0.2, -0.15) is 0 Å². The van der Waals surface area contributed by atoms with E-state index in [9.17, 15) is 4.79 Å². The zero-order valence-corrected chi connectivity index (χ0v) is 12.9. The van der Waals surface area contributed by atoms with Crippen molar-refractivity contribution >= 4 is 0 Å². The van der Waals surface area contributed by atoms with Gasteiger partial charge >= 0.3 is 5.69 Å². The van der Waals surface area contributed by atoms with Gasteiger partial charge in [0.2, 0.25) is 0 Å². The number of rotatable bonds is 4. The van der Waals surface area contributed by atoms with Gasteiger partial charge in [-0.3, -0.25) is 9.13 Å². The Kier molecular flexibility index (Phi) is 3.29. The van der Waals surface area contributed by atoms with Gasteiger partial charge in [0.1, 0.15) is 0 Å². The Hall–Kier alpha value is -1.81. The van der Waals surface area contributed by atoms with Crippen LogP contribution in [0.2, 0.25) is 0 Å². The number of benzene rings is 1. The van der Waals surface area contributed by atoms with Gasteiger partial charge in [0.05, 0.1) is 5.69 Å². The first-order valence-electron chi connectivity index (χ1n) is 7.62. The molecule has 2 aromatic rings. The first-order chi connectivity index (χ1) is 9.97. The van der Waals surface area contributed by atoms with Gasteiger partial charge in [-0.1, -0.05) is 18.2 Å². The predicted molar refractivity (Wildman–Crippen MR) is 85.0 cm³/mol. The molecular weight excluding hydrogens is 262 g/mol. The number of hydrogen-bond donors (Lipinski definition) is 1. The summed E-state index contributed by atoms with van der Waals surface area (Å²) in [6, 6.07) is 8.41. The van der Waals surface area contributed by atoms with Gasteiger partial charge in [-0.15, -0.1) is 0 Å². The van der Waals surface area contributed by atoms with Gasteiger partial charge in [0.15, 0.2) is 0 Å². The Morgan fingerprint density at radius 1 is 1.14 bits per heavy atom. The molecule has 0 spiro atoms. The van der Waals surface area contributed by atoms with Gasteiger partial charge in [0, 0.05) is 29.9 Å². The standard InChI is InChI=1S/C17H23N3O/c1-12(2)19-10-11-20(16(19)21)15-7-5-4-6-14(15)17(8-9-17)13(3)18/h4-7,10-13H,8-9,18H2,1-3H3. The summed E-state index contributed by atoms with van der Waals surface area (Å²) in [5, 5.41) is 0. The fourth-order valence-electron chi connectivity index (χ4n) is 3.18. The third kappa shape index (κ3) is 2.14. The molecule has 1 saturated carbocycles. The van der Waals surface area contributed by atoms with Gasteiger partial charge in [-0.25, -0.2) is 4.79 Å². The van der Waals surface area contributed by atoms with E-state index in [0.717, 1.165) is 18.5 Å². The summed E-state index contributed by atoms with van der Waals surface area (Å²) < 4.78 is 3.50. The Labute approximate surface area is 125 Å². The quantitative estimate of drug-likeness (QED) is 0.938. The highest BCUT2D eigenvalue weighted by atomic mass is 16.1. The molecule has 1 aliphatic carbocycles. The third-order valence-corrected chi connectivity index (χ3v) is 4.72. The molecule has 4 nitrogen and oxygen atoms in total. The minimum absolute atomic E-state index is 0.0120. The maximum atomic E-state index is 12.6. The lowest BCUT2D eigenvalue weighted by molar-refractivity contribution is 0.550. The summed E-state index contributed by atoms with van der Waals surface area (Å²) >= 11 is 0. The molecule has 1 aliphatic rings. The van der Waals surface area contributed by atoms with E-state index < -0.39 is 0 Å². The van der Waals surface area contributed by atoms with E-state index in [-0.39, 0.29) is 23.2 Å². The molecule has 0 bridgehead atoms. The van der Waals surface area contributed by atoms with E-state index in [1.165, 1.54) is 5.56 Å². The molecule has 4 heteroatoms. The number of imidazole rings is 1. The minimum atomic E-state index is 0.0120. The summed E-state index contributed by atoms with van der Waals surface area (Å²) in [7, 11) is 0. The van der Waals surface area contributed by atoms with E-state index in [1.54, 1.807) is 9.13 Å². The Balaban J connectivity index is 2.15. The van der Waals surface area contributed by atoms with Gasteiger partial charge in [0.25, 0.3) is 0 Å². The molecule has 1 fully saturated rings. The van der Waals surface area contributed by atoms with Crippen molar-refractivity contribution in [1.82, 2.24) is 9.13 Å². The zero-order chi connectivity index (χ0) is 15.2. The maximum Gasteiger partial charge on any atom is 0.332 e. The second-order valence-electron chi connectivity index (χ2n) is 6.41. The maximum absolute atomic E-state index is 12.6. The molecule has 2 N–H and O–H groups in total. The van der Waals surface area contributed by atoms with Crippen molar-refractivity contribution in [1.29, 1.82) is 0 Å². The highest BCUT2D eigenvalue weighted by Gasteiger charge is 2.48. The van der Waals surface area contributed by atoms with Crippen molar-refractivity contribution in [3.8, 4) is 5.69 Å². The van der Waals surface area contributed by atoms with Crippen LogP contribution in [0.15, 0.2) is 41.5 Å². The Bertz CT molecular complexity index is 705. The van der Waals surface area contributed by atoms with E-state index in [1.807, 2.05) is 44.4 Å². The first-order valence-corrected chi connectivity index (χ1v) is 7.62. The minimum Gasteiger partial charge on any atom is -0.327 e. The summed E-state index contributed by atoms with van der Waals surface area (Å²) in [6.45, 7) is 6.09. The third-order valence-electron chi connectivity index (χ3n) is 4.72. The summed E-state index contributed by atoms with van der Waals surface area (Å²) in [5.41, 5.74) is 8.43. The molecule has 3 rings (SSSR count). The predicted octanol–water partition coefficient (Wildman–Crippen LogP) is 2.60. The Morgan fingerprint density at radius 3 is 2.33 bits per heavy atom. The SMILES string of the molecule is CC(C)n1ccn(-c2ccccc2C2(C(C)N)CC2)c1=O. The number of para-hydroxylation sites is 1. The molecule has 0 radical (unpaired) electrons. The van der Waals surface area contributed by atoms with Crippen LogP contribution in [-0.4, -0.2) is 15.2 Å². The van der Waals surface area contributed by atoms with Crippen molar-refractivity contribution in [2.24, 2.45) is 5.73 Å². The molecule has 1 aromatic carbocycles. The molecule has 1 heterocycles. The smallest absolute Gasteiger partial charge is 0.327 e. The molecule has 0 saturated heterocycles. The molecule has 21 heavy (non-hydrogen) atoms. The zero-order valence-electron chi connectivity index (χ0n) is 12.9. The van der Waals surface area contributed by atoms with Crippen LogP contribution in [-0.2, 0) is 5.41 Å². The monoisotopic (exact) mass is 285 g/mol. The second kappa shape index (κ2) is 4.88. The summed E-state index contributed by atoms with van der Waals surface area (Å²) in [5.74, 6) is 0. The fraction of sp³-hybridized carbons (Fsp3) is 0.471. The molecule has 1 atom stereocenters. The van der Waals surface area contributed by atoms with E-state index >= 15 is 0 Å². The van der Waals surface area contributed by atoms with Crippen LogP contribution in [0, 0.1) is 0 Å². The topological polar surface area (TPSA) is 52.9 Å². The molecule has 1 aromatic heterocycles. The number of nitrogens with zero attached hydrogens (tertiary/aromatic N) is 2. The lowest BCUT2D eigenvalue weighted by Crippen LogP contribution is -2.33. The molecule has 1 unspecified atom stereocenters. The Morgan fingerprint density at radius 2 is 1.81 bits per heavy atom. The van der Waals surface area contributed by atoms with Crippen LogP contribution in [0.3, 0.4) is 0 Å². The normalized spacial score (nSPS) is 18.0. The second-order valence-corrected chi connectivity index (χ2v) is 6.41. The van der Waals surface area contributed by atoms with Crippen LogP contribution in [0.4, 0.5) is 0 Å². The van der Waals surface area contributed by atoms with Crippen LogP contribution in [0.1, 0.15) is 45.2 Å². The van der Waals surface area contributed by atoms with E-state index in [4.69, 9.17) is 5.73 Å². The van der Waals surface area contributed by atoms with Crippen molar-refractivity contribution in [2.75, 3.05) is 0 Å². The lowest BCUT2D eigenvalue weighted by Gasteiger charge is -2.23.